The standard InChI is InChI=1S/C14H19N3S/c1-10-5-6-14(18-10)11(2)17-9-15-8-13(17)12-4-3-7-16-12/h5-6,8-9,11-12,16H,3-4,7H2,1-2H3. The van der Waals surface area contributed by atoms with Crippen LogP contribution < -0.4 is 5.32 Å². The van der Waals surface area contributed by atoms with Gasteiger partial charge in [0.2, 0.25) is 0 Å². The monoisotopic (exact) mass is 261 g/mol. The number of nitrogens with zero attached hydrogens (tertiary/aromatic N) is 2. The minimum Gasteiger partial charge on any atom is -0.325 e. The molecule has 2 aromatic rings. The van der Waals surface area contributed by atoms with Crippen molar-refractivity contribution in [1.82, 2.24) is 14.9 Å². The molecular formula is C14H19N3S. The number of hydrogen-bond donors (Lipinski definition) is 1. The molecule has 1 aliphatic rings. The maximum Gasteiger partial charge on any atom is 0.0954 e. The predicted molar refractivity (Wildman–Crippen MR) is 75.1 cm³/mol. The number of hydrogen-bond acceptors (Lipinski definition) is 3. The fourth-order valence-corrected chi connectivity index (χ4v) is 3.59. The first-order chi connectivity index (χ1) is 8.75. The second-order valence-corrected chi connectivity index (χ2v) is 6.32. The van der Waals surface area contributed by atoms with Crippen LogP contribution in [0.15, 0.2) is 24.7 Å². The number of imidazole rings is 1. The van der Waals surface area contributed by atoms with E-state index in [2.05, 4.69) is 40.8 Å². The molecule has 0 saturated carbocycles. The van der Waals surface area contributed by atoms with Crippen molar-refractivity contribution in [2.45, 2.75) is 38.8 Å². The molecular weight excluding hydrogens is 242 g/mol. The molecule has 3 rings (SSSR count). The second kappa shape index (κ2) is 4.86. The van der Waals surface area contributed by atoms with E-state index >= 15 is 0 Å². The summed E-state index contributed by atoms with van der Waals surface area (Å²) >= 11 is 1.88. The van der Waals surface area contributed by atoms with E-state index in [4.69, 9.17) is 0 Å². The van der Waals surface area contributed by atoms with Gasteiger partial charge in [0.1, 0.15) is 0 Å². The van der Waals surface area contributed by atoms with E-state index in [0.717, 1.165) is 6.54 Å². The molecule has 0 radical (unpaired) electrons. The fraction of sp³-hybridized carbons (Fsp3) is 0.500. The van der Waals surface area contributed by atoms with Gasteiger partial charge in [-0.3, -0.25) is 0 Å². The average molecular weight is 261 g/mol. The largest absolute Gasteiger partial charge is 0.325 e. The highest BCUT2D eigenvalue weighted by atomic mass is 32.1. The maximum atomic E-state index is 4.35. The zero-order chi connectivity index (χ0) is 12.5. The normalized spacial score (nSPS) is 21.3. The van der Waals surface area contributed by atoms with Crippen LogP contribution in [-0.2, 0) is 0 Å². The van der Waals surface area contributed by atoms with Gasteiger partial charge >= 0.3 is 0 Å². The zero-order valence-corrected chi connectivity index (χ0v) is 11.7. The highest BCUT2D eigenvalue weighted by Crippen LogP contribution is 2.30. The van der Waals surface area contributed by atoms with E-state index in [1.807, 2.05) is 23.9 Å². The molecule has 18 heavy (non-hydrogen) atoms. The summed E-state index contributed by atoms with van der Waals surface area (Å²) in [4.78, 5) is 7.13. The molecule has 0 aliphatic carbocycles. The van der Waals surface area contributed by atoms with Crippen molar-refractivity contribution >= 4 is 11.3 Å². The molecule has 0 amide bonds. The SMILES string of the molecule is Cc1ccc(C(C)n2cncc2C2CCCN2)s1. The van der Waals surface area contributed by atoms with Gasteiger partial charge in [0.25, 0.3) is 0 Å². The summed E-state index contributed by atoms with van der Waals surface area (Å²) in [5, 5.41) is 3.55. The van der Waals surface area contributed by atoms with Crippen LogP contribution in [0, 0.1) is 6.92 Å². The van der Waals surface area contributed by atoms with Crippen LogP contribution in [0.1, 0.15) is 47.3 Å². The van der Waals surface area contributed by atoms with Crippen molar-refractivity contribution in [3.63, 3.8) is 0 Å². The lowest BCUT2D eigenvalue weighted by Crippen LogP contribution is -2.18. The number of nitrogens with one attached hydrogen (secondary N) is 1. The van der Waals surface area contributed by atoms with Gasteiger partial charge in [0, 0.05) is 22.0 Å². The summed E-state index contributed by atoms with van der Waals surface area (Å²) in [5.74, 6) is 0. The molecule has 0 bridgehead atoms. The Hall–Kier alpha value is -1.13. The molecule has 96 valence electrons. The van der Waals surface area contributed by atoms with E-state index in [1.54, 1.807) is 0 Å². The molecule has 2 unspecified atom stereocenters. The summed E-state index contributed by atoms with van der Waals surface area (Å²) in [6, 6.07) is 5.29. The van der Waals surface area contributed by atoms with Crippen molar-refractivity contribution in [2.75, 3.05) is 6.54 Å². The first-order valence-corrected chi connectivity index (χ1v) is 7.39. The van der Waals surface area contributed by atoms with Crippen molar-refractivity contribution in [3.8, 4) is 0 Å². The Bertz CT molecular complexity index is 523. The van der Waals surface area contributed by atoms with Crippen molar-refractivity contribution < 1.29 is 0 Å². The number of aromatic nitrogens is 2. The van der Waals surface area contributed by atoms with Gasteiger partial charge in [-0.15, -0.1) is 11.3 Å². The molecule has 2 aromatic heterocycles. The first-order valence-electron chi connectivity index (χ1n) is 6.57. The molecule has 1 N–H and O–H groups in total. The Kier molecular flexibility index (Phi) is 3.22. The fourth-order valence-electron chi connectivity index (χ4n) is 2.66. The van der Waals surface area contributed by atoms with Gasteiger partial charge in [-0.05, 0) is 45.4 Å². The van der Waals surface area contributed by atoms with Crippen LogP contribution in [0.4, 0.5) is 0 Å². The summed E-state index contributed by atoms with van der Waals surface area (Å²) in [6.07, 6.45) is 6.47. The van der Waals surface area contributed by atoms with E-state index in [1.165, 1.54) is 28.3 Å². The van der Waals surface area contributed by atoms with E-state index in [-0.39, 0.29) is 0 Å². The lowest BCUT2D eigenvalue weighted by molar-refractivity contribution is 0.543. The van der Waals surface area contributed by atoms with Crippen LogP contribution in [0.25, 0.3) is 0 Å². The van der Waals surface area contributed by atoms with Crippen LogP contribution in [0.3, 0.4) is 0 Å². The molecule has 3 heterocycles. The minimum absolute atomic E-state index is 0.378. The zero-order valence-electron chi connectivity index (χ0n) is 10.9. The van der Waals surface area contributed by atoms with Crippen LogP contribution >= 0.6 is 11.3 Å². The van der Waals surface area contributed by atoms with Gasteiger partial charge in [-0.25, -0.2) is 4.98 Å². The third kappa shape index (κ3) is 2.10. The van der Waals surface area contributed by atoms with E-state index in [0.29, 0.717) is 12.1 Å². The predicted octanol–water partition coefficient (Wildman–Crippen LogP) is 3.29. The van der Waals surface area contributed by atoms with Gasteiger partial charge < -0.3 is 9.88 Å². The lowest BCUT2D eigenvalue weighted by Gasteiger charge is -2.19. The first kappa shape index (κ1) is 11.9. The van der Waals surface area contributed by atoms with Crippen molar-refractivity contribution in [3.05, 3.63) is 40.1 Å². The van der Waals surface area contributed by atoms with Crippen molar-refractivity contribution in [1.29, 1.82) is 0 Å². The summed E-state index contributed by atoms with van der Waals surface area (Å²) in [5.41, 5.74) is 1.33. The Morgan fingerprint density at radius 1 is 1.50 bits per heavy atom. The highest BCUT2D eigenvalue weighted by Gasteiger charge is 2.22. The molecule has 1 fully saturated rings. The van der Waals surface area contributed by atoms with E-state index < -0.39 is 0 Å². The summed E-state index contributed by atoms with van der Waals surface area (Å²) in [7, 11) is 0. The third-order valence-electron chi connectivity index (χ3n) is 3.70. The topological polar surface area (TPSA) is 29.9 Å². The smallest absolute Gasteiger partial charge is 0.0954 e. The van der Waals surface area contributed by atoms with Crippen LogP contribution in [0.5, 0.6) is 0 Å². The maximum absolute atomic E-state index is 4.35. The molecule has 1 aliphatic heterocycles. The molecule has 4 heteroatoms. The quantitative estimate of drug-likeness (QED) is 0.919. The van der Waals surface area contributed by atoms with Gasteiger partial charge in [-0.2, -0.15) is 0 Å². The Morgan fingerprint density at radius 2 is 2.39 bits per heavy atom. The van der Waals surface area contributed by atoms with Crippen LogP contribution in [-0.4, -0.2) is 16.1 Å². The Balaban J connectivity index is 1.89. The molecule has 3 nitrogen and oxygen atoms in total. The summed E-state index contributed by atoms with van der Waals surface area (Å²) < 4.78 is 2.31. The average Bonchev–Trinajstić information content (AvgIpc) is 3.08. The van der Waals surface area contributed by atoms with Crippen molar-refractivity contribution in [2.24, 2.45) is 0 Å². The molecule has 1 saturated heterocycles. The Labute approximate surface area is 112 Å². The third-order valence-corrected chi connectivity index (χ3v) is 4.87. The highest BCUT2D eigenvalue weighted by molar-refractivity contribution is 7.12. The number of rotatable bonds is 3. The Morgan fingerprint density at radius 3 is 3.06 bits per heavy atom. The van der Waals surface area contributed by atoms with Gasteiger partial charge in [-0.1, -0.05) is 0 Å². The lowest BCUT2D eigenvalue weighted by atomic mass is 10.1. The van der Waals surface area contributed by atoms with Gasteiger partial charge in [0.05, 0.1) is 18.1 Å². The van der Waals surface area contributed by atoms with Gasteiger partial charge in [0.15, 0.2) is 0 Å². The minimum atomic E-state index is 0.378. The van der Waals surface area contributed by atoms with Crippen LogP contribution in [0.2, 0.25) is 0 Å². The number of thiophene rings is 1. The second-order valence-electron chi connectivity index (χ2n) is 5.00. The molecule has 2 atom stereocenters. The summed E-state index contributed by atoms with van der Waals surface area (Å²) in [6.45, 7) is 5.54. The van der Waals surface area contributed by atoms with E-state index in [9.17, 15) is 0 Å². The molecule has 0 aromatic carbocycles. The molecule has 0 spiro atoms. The number of aryl methyl sites for hydroxylation is 1.